The van der Waals surface area contributed by atoms with Crippen LogP contribution in [0.5, 0.6) is 0 Å². The number of allylic oxidation sites excluding steroid dienone is 2. The third-order valence-electron chi connectivity index (χ3n) is 4.49. The summed E-state index contributed by atoms with van der Waals surface area (Å²) >= 11 is 6.29. The van der Waals surface area contributed by atoms with Crippen molar-refractivity contribution in [3.05, 3.63) is 61.7 Å². The Bertz CT molecular complexity index is 905. The van der Waals surface area contributed by atoms with E-state index in [-0.39, 0.29) is 34.6 Å². The van der Waals surface area contributed by atoms with Gasteiger partial charge in [0.05, 0.1) is 22.5 Å². The normalized spacial score (nSPS) is 19.5. The zero-order valence-electron chi connectivity index (χ0n) is 14.5. The molecule has 1 aliphatic carbocycles. The summed E-state index contributed by atoms with van der Waals surface area (Å²) in [6, 6.07) is 3.87. The highest BCUT2D eigenvalue weighted by Gasteiger charge is 2.42. The van der Waals surface area contributed by atoms with Crippen LogP contribution in [0, 0.1) is 10.1 Å². The molecule has 0 radical (unpaired) electrons. The lowest BCUT2D eigenvalue weighted by Crippen LogP contribution is -2.31. The second kappa shape index (κ2) is 7.40. The quantitative estimate of drug-likeness (QED) is 0.474. The topological polar surface area (TPSA) is 122 Å². The maximum atomic E-state index is 12.6. The number of halogens is 1. The third kappa shape index (κ3) is 3.40. The zero-order valence-corrected chi connectivity index (χ0v) is 15.2. The summed E-state index contributed by atoms with van der Waals surface area (Å²) in [5, 5.41) is 11.0. The molecule has 1 aromatic rings. The van der Waals surface area contributed by atoms with E-state index in [4.69, 9.17) is 26.8 Å². The molecule has 1 aliphatic heterocycles. The molecular weight excluding hydrogens is 376 g/mol. The lowest BCUT2D eigenvalue weighted by Gasteiger charge is -2.32. The summed E-state index contributed by atoms with van der Waals surface area (Å²) in [7, 11) is 0. The van der Waals surface area contributed by atoms with Crippen LogP contribution in [-0.2, 0) is 19.1 Å². The summed E-state index contributed by atoms with van der Waals surface area (Å²) < 4.78 is 10.6. The van der Waals surface area contributed by atoms with Gasteiger partial charge in [0.25, 0.3) is 5.69 Å². The molecule has 8 nitrogen and oxygen atoms in total. The molecule has 0 bridgehead atoms. The van der Waals surface area contributed by atoms with Crippen molar-refractivity contribution < 1.29 is 24.0 Å². The molecular formula is C18H17ClN2O6. The Kier molecular flexibility index (Phi) is 5.18. The van der Waals surface area contributed by atoms with E-state index >= 15 is 0 Å². The van der Waals surface area contributed by atoms with E-state index in [1.807, 2.05) is 0 Å². The highest BCUT2D eigenvalue weighted by molar-refractivity contribution is 6.32. The van der Waals surface area contributed by atoms with E-state index in [2.05, 4.69) is 0 Å². The molecule has 1 atom stereocenters. The number of benzene rings is 1. The predicted molar refractivity (Wildman–Crippen MR) is 95.7 cm³/mol. The van der Waals surface area contributed by atoms with Crippen molar-refractivity contribution >= 4 is 29.0 Å². The van der Waals surface area contributed by atoms with Gasteiger partial charge in [0.15, 0.2) is 5.78 Å². The third-order valence-corrected chi connectivity index (χ3v) is 4.81. The first-order valence-electron chi connectivity index (χ1n) is 8.39. The van der Waals surface area contributed by atoms with Crippen molar-refractivity contribution in [1.82, 2.24) is 0 Å². The highest BCUT2D eigenvalue weighted by atomic mass is 35.5. The lowest BCUT2D eigenvalue weighted by molar-refractivity contribution is -0.384. The van der Waals surface area contributed by atoms with E-state index in [9.17, 15) is 19.7 Å². The first kappa shape index (κ1) is 18.9. The van der Waals surface area contributed by atoms with E-state index < -0.39 is 16.8 Å². The Morgan fingerprint density at radius 1 is 1.44 bits per heavy atom. The Morgan fingerprint density at radius 3 is 2.81 bits per heavy atom. The highest BCUT2D eigenvalue weighted by Crippen LogP contribution is 2.46. The standard InChI is InChI=1S/C18H17ClN2O6/c1-2-26-18(23)16-14(10-7-6-9(21(24)25)8-11(10)19)15-12(22)4-3-5-13(15)27-17(16)20/h6-8,14H,2-5,20H2,1H3/t14-/m0/s1. The SMILES string of the molecule is CCOC(=O)C1=C(N)OC2=C(C(=O)CCC2)[C@@H]1c1ccc([N+](=O)[O-])cc1Cl. The Morgan fingerprint density at radius 2 is 2.19 bits per heavy atom. The number of carbonyl (C=O) groups is 2. The van der Waals surface area contributed by atoms with Gasteiger partial charge in [-0.2, -0.15) is 0 Å². The van der Waals surface area contributed by atoms with Gasteiger partial charge in [-0.05, 0) is 25.0 Å². The van der Waals surface area contributed by atoms with Crippen molar-refractivity contribution in [3.63, 3.8) is 0 Å². The Balaban J connectivity index is 2.20. The fourth-order valence-corrected chi connectivity index (χ4v) is 3.62. The van der Waals surface area contributed by atoms with Crippen molar-refractivity contribution in [1.29, 1.82) is 0 Å². The molecule has 0 saturated carbocycles. The van der Waals surface area contributed by atoms with Gasteiger partial charge in [0.1, 0.15) is 11.3 Å². The van der Waals surface area contributed by atoms with Gasteiger partial charge >= 0.3 is 5.97 Å². The van der Waals surface area contributed by atoms with Gasteiger partial charge < -0.3 is 15.2 Å². The average Bonchev–Trinajstić information content (AvgIpc) is 2.60. The number of esters is 1. The minimum Gasteiger partial charge on any atom is -0.462 e. The van der Waals surface area contributed by atoms with Crippen LogP contribution in [0.4, 0.5) is 5.69 Å². The van der Waals surface area contributed by atoms with E-state index in [0.717, 1.165) is 0 Å². The maximum absolute atomic E-state index is 12.6. The first-order chi connectivity index (χ1) is 12.8. The molecule has 0 unspecified atom stereocenters. The van der Waals surface area contributed by atoms with Crippen LogP contribution in [0.3, 0.4) is 0 Å². The number of ketones is 1. The fraction of sp³-hybridized carbons (Fsp3) is 0.333. The van der Waals surface area contributed by atoms with Crippen LogP contribution >= 0.6 is 11.6 Å². The summed E-state index contributed by atoms with van der Waals surface area (Å²) in [4.78, 5) is 35.6. The van der Waals surface area contributed by atoms with Gasteiger partial charge in [-0.25, -0.2) is 4.79 Å². The van der Waals surface area contributed by atoms with E-state index in [0.29, 0.717) is 36.2 Å². The lowest BCUT2D eigenvalue weighted by atomic mass is 9.77. The molecule has 0 amide bonds. The van der Waals surface area contributed by atoms with Gasteiger partial charge in [-0.1, -0.05) is 11.6 Å². The zero-order chi connectivity index (χ0) is 19.7. The van der Waals surface area contributed by atoms with Gasteiger partial charge in [0, 0.05) is 30.5 Å². The maximum Gasteiger partial charge on any atom is 0.340 e. The predicted octanol–water partition coefficient (Wildman–Crippen LogP) is 3.10. The van der Waals surface area contributed by atoms with Gasteiger partial charge in [-0.3, -0.25) is 14.9 Å². The van der Waals surface area contributed by atoms with E-state index in [1.54, 1.807) is 6.92 Å². The molecule has 2 N–H and O–H groups in total. The van der Waals surface area contributed by atoms with Crippen LogP contribution in [0.25, 0.3) is 0 Å². The molecule has 0 saturated heterocycles. The number of carbonyl (C=O) groups excluding carboxylic acids is 2. The van der Waals surface area contributed by atoms with Crippen LogP contribution in [0.1, 0.15) is 37.7 Å². The number of nitrogens with zero attached hydrogens (tertiary/aromatic N) is 1. The molecule has 2 aliphatic rings. The van der Waals surface area contributed by atoms with Crippen molar-refractivity contribution in [2.24, 2.45) is 5.73 Å². The summed E-state index contributed by atoms with van der Waals surface area (Å²) in [5.41, 5.74) is 6.41. The number of non-ortho nitro benzene ring substituents is 1. The number of hydrogen-bond acceptors (Lipinski definition) is 7. The average molecular weight is 393 g/mol. The smallest absolute Gasteiger partial charge is 0.340 e. The van der Waals surface area contributed by atoms with E-state index in [1.165, 1.54) is 18.2 Å². The van der Waals surface area contributed by atoms with Crippen LogP contribution in [0.15, 0.2) is 41.0 Å². The Hall–Kier alpha value is -2.87. The van der Waals surface area contributed by atoms with Crippen LogP contribution < -0.4 is 5.73 Å². The van der Waals surface area contributed by atoms with Crippen LogP contribution in [0.2, 0.25) is 5.02 Å². The first-order valence-corrected chi connectivity index (χ1v) is 8.77. The largest absolute Gasteiger partial charge is 0.462 e. The summed E-state index contributed by atoms with van der Waals surface area (Å²) in [6.07, 6.45) is 1.42. The molecule has 0 aromatic heterocycles. The van der Waals surface area contributed by atoms with Crippen molar-refractivity contribution in [2.75, 3.05) is 6.61 Å². The summed E-state index contributed by atoms with van der Waals surface area (Å²) in [5.74, 6) is -1.55. The number of rotatable bonds is 4. The van der Waals surface area contributed by atoms with Crippen molar-refractivity contribution in [2.45, 2.75) is 32.1 Å². The second-order valence-corrected chi connectivity index (χ2v) is 6.52. The number of Topliss-reactive ketones (excluding diaryl/α,β-unsaturated/α-hetero) is 1. The summed E-state index contributed by atoms with van der Waals surface area (Å²) in [6.45, 7) is 1.75. The Labute approximate surface area is 159 Å². The molecule has 1 heterocycles. The molecule has 27 heavy (non-hydrogen) atoms. The number of hydrogen-bond donors (Lipinski definition) is 1. The number of ether oxygens (including phenoxy) is 2. The van der Waals surface area contributed by atoms with Gasteiger partial charge in [-0.15, -0.1) is 0 Å². The molecule has 1 aromatic carbocycles. The van der Waals surface area contributed by atoms with Crippen molar-refractivity contribution in [3.8, 4) is 0 Å². The number of nitrogens with two attached hydrogens (primary N) is 1. The molecule has 0 fully saturated rings. The second-order valence-electron chi connectivity index (χ2n) is 6.11. The minimum atomic E-state index is -0.895. The fourth-order valence-electron chi connectivity index (χ4n) is 3.34. The van der Waals surface area contributed by atoms with Crippen LogP contribution in [-0.4, -0.2) is 23.3 Å². The molecule has 3 rings (SSSR count). The molecule has 142 valence electrons. The monoisotopic (exact) mass is 392 g/mol. The number of nitro benzene ring substituents is 1. The molecule has 9 heteroatoms. The van der Waals surface area contributed by atoms with Gasteiger partial charge in [0.2, 0.25) is 5.88 Å². The number of nitro groups is 1. The molecule has 0 spiro atoms. The minimum absolute atomic E-state index is 0.0263.